The third-order valence-electron chi connectivity index (χ3n) is 4.53. The Morgan fingerprint density at radius 3 is 2.79 bits per heavy atom. The van der Waals surface area contributed by atoms with Crippen LogP contribution in [0.5, 0.6) is 5.75 Å². The molecule has 0 unspecified atom stereocenters. The molecule has 0 atom stereocenters. The number of carbonyl (C=O) groups excluding carboxylic acids is 1. The van der Waals surface area contributed by atoms with E-state index >= 15 is 0 Å². The van der Waals surface area contributed by atoms with Gasteiger partial charge in [0.05, 0.1) is 16.2 Å². The van der Waals surface area contributed by atoms with Gasteiger partial charge in [0.1, 0.15) is 12.4 Å². The number of hydrogen-bond donors (Lipinski definition) is 1. The van der Waals surface area contributed by atoms with Crippen molar-refractivity contribution in [1.29, 1.82) is 0 Å². The lowest BCUT2D eigenvalue weighted by Gasteiger charge is -2.16. The van der Waals surface area contributed by atoms with Crippen molar-refractivity contribution in [1.82, 2.24) is 4.90 Å². The molecule has 2 aromatic carbocycles. The van der Waals surface area contributed by atoms with E-state index in [1.165, 1.54) is 17.8 Å². The van der Waals surface area contributed by atoms with E-state index < -0.39 is 5.97 Å². The van der Waals surface area contributed by atoms with Gasteiger partial charge in [0, 0.05) is 12.1 Å². The molecule has 29 heavy (non-hydrogen) atoms. The van der Waals surface area contributed by atoms with Gasteiger partial charge in [0.2, 0.25) is 0 Å². The monoisotopic (exact) mass is 406 g/mol. The van der Waals surface area contributed by atoms with Crippen LogP contribution in [-0.4, -0.2) is 40.2 Å². The Bertz CT molecular complexity index is 1090. The Morgan fingerprint density at radius 1 is 1.24 bits per heavy atom. The standard InChI is InChI=1S/C22H18N2O4S/c1-2-24-20(25)19(12-14-11-15-7-3-6-10-18(15)28-13-14)29-22(24)23-17-9-5-4-8-16(17)21(26)27/h3-12H,2,13H2,1H3,(H,26,27)/b19-12-,23-22?. The fourth-order valence-corrected chi connectivity index (χ4v) is 4.18. The normalized spacial score (nSPS) is 18.6. The predicted molar refractivity (Wildman–Crippen MR) is 113 cm³/mol. The largest absolute Gasteiger partial charge is 0.488 e. The molecule has 1 N–H and O–H groups in total. The SMILES string of the molecule is CCN1C(=O)/C(=C/C2=Cc3ccccc3OC2)SC1=Nc1ccccc1C(=O)O. The van der Waals surface area contributed by atoms with Gasteiger partial charge in [-0.1, -0.05) is 30.3 Å². The lowest BCUT2D eigenvalue weighted by atomic mass is 10.1. The van der Waals surface area contributed by atoms with Gasteiger partial charge in [-0.05, 0) is 54.6 Å². The minimum atomic E-state index is -1.05. The first kappa shape index (κ1) is 19.0. The molecule has 2 heterocycles. The summed E-state index contributed by atoms with van der Waals surface area (Å²) in [7, 11) is 0. The summed E-state index contributed by atoms with van der Waals surface area (Å²) >= 11 is 1.24. The fourth-order valence-electron chi connectivity index (χ4n) is 3.11. The van der Waals surface area contributed by atoms with Crippen LogP contribution in [0, 0.1) is 0 Å². The maximum Gasteiger partial charge on any atom is 0.337 e. The number of amidine groups is 1. The minimum Gasteiger partial charge on any atom is -0.488 e. The number of nitrogens with zero attached hydrogens (tertiary/aromatic N) is 2. The molecule has 2 aromatic rings. The summed E-state index contributed by atoms with van der Waals surface area (Å²) in [6.07, 6.45) is 3.82. The summed E-state index contributed by atoms with van der Waals surface area (Å²) in [4.78, 5) is 30.9. The van der Waals surface area contributed by atoms with Gasteiger partial charge in [0.15, 0.2) is 5.17 Å². The van der Waals surface area contributed by atoms with E-state index in [0.29, 0.717) is 28.9 Å². The number of carboxylic acids is 1. The van der Waals surface area contributed by atoms with Gasteiger partial charge in [-0.25, -0.2) is 9.79 Å². The summed E-state index contributed by atoms with van der Waals surface area (Å²) in [5.74, 6) is -0.382. The number of amides is 1. The Balaban J connectivity index is 1.67. The number of rotatable bonds is 4. The van der Waals surface area contributed by atoms with E-state index in [1.54, 1.807) is 23.1 Å². The number of benzene rings is 2. The molecule has 0 radical (unpaired) electrons. The van der Waals surface area contributed by atoms with Crippen LogP contribution < -0.4 is 4.74 Å². The number of carbonyl (C=O) groups is 2. The quantitative estimate of drug-likeness (QED) is 0.765. The molecule has 146 valence electrons. The van der Waals surface area contributed by atoms with Gasteiger partial charge in [-0.15, -0.1) is 0 Å². The molecule has 0 saturated carbocycles. The molecule has 4 rings (SSSR count). The molecule has 2 aliphatic rings. The second kappa shape index (κ2) is 7.97. The Morgan fingerprint density at radius 2 is 2.00 bits per heavy atom. The zero-order valence-electron chi connectivity index (χ0n) is 15.7. The second-order valence-corrected chi connectivity index (χ2v) is 7.43. The molecule has 7 heteroatoms. The highest BCUT2D eigenvalue weighted by molar-refractivity contribution is 8.18. The van der Waals surface area contributed by atoms with Gasteiger partial charge in [0.25, 0.3) is 5.91 Å². The summed E-state index contributed by atoms with van der Waals surface area (Å²) in [5.41, 5.74) is 2.28. The van der Waals surface area contributed by atoms with Crippen molar-refractivity contribution in [3.05, 3.63) is 76.2 Å². The molecule has 0 spiro atoms. The minimum absolute atomic E-state index is 0.0986. The van der Waals surface area contributed by atoms with Crippen LogP contribution in [0.1, 0.15) is 22.8 Å². The Labute approximate surface area is 172 Å². The molecule has 1 amide bonds. The van der Waals surface area contributed by atoms with E-state index in [4.69, 9.17) is 4.74 Å². The lowest BCUT2D eigenvalue weighted by Crippen LogP contribution is -2.28. The second-order valence-electron chi connectivity index (χ2n) is 6.42. The number of hydrogen-bond acceptors (Lipinski definition) is 5. The maximum atomic E-state index is 12.8. The van der Waals surface area contributed by atoms with E-state index in [0.717, 1.165) is 16.9 Å². The van der Waals surface area contributed by atoms with Crippen molar-refractivity contribution in [2.75, 3.05) is 13.2 Å². The average molecular weight is 406 g/mol. The summed E-state index contributed by atoms with van der Waals surface area (Å²) in [5, 5.41) is 9.84. The van der Waals surface area contributed by atoms with Crippen molar-refractivity contribution >= 4 is 40.6 Å². The first-order chi connectivity index (χ1) is 14.1. The Kier molecular flexibility index (Phi) is 5.22. The van der Waals surface area contributed by atoms with Crippen LogP contribution in [0.25, 0.3) is 6.08 Å². The number of para-hydroxylation sites is 2. The fraction of sp³-hybridized carbons (Fsp3) is 0.136. The summed E-state index contributed by atoms with van der Waals surface area (Å²) < 4.78 is 5.76. The zero-order valence-corrected chi connectivity index (χ0v) is 16.5. The van der Waals surface area contributed by atoms with Crippen LogP contribution in [0.4, 0.5) is 5.69 Å². The van der Waals surface area contributed by atoms with Crippen LogP contribution in [0.15, 0.2) is 70.1 Å². The number of ether oxygens (including phenoxy) is 1. The highest BCUT2D eigenvalue weighted by Crippen LogP contribution is 2.35. The first-order valence-corrected chi connectivity index (χ1v) is 9.93. The van der Waals surface area contributed by atoms with E-state index in [1.807, 2.05) is 43.3 Å². The summed E-state index contributed by atoms with van der Waals surface area (Å²) in [6.45, 7) is 2.68. The number of likely N-dealkylation sites (N-methyl/N-ethyl adjacent to an activating group) is 1. The van der Waals surface area contributed by atoms with Crippen LogP contribution in [-0.2, 0) is 4.79 Å². The number of aromatic carboxylic acids is 1. The zero-order chi connectivity index (χ0) is 20.4. The van der Waals surface area contributed by atoms with E-state index in [9.17, 15) is 14.7 Å². The van der Waals surface area contributed by atoms with Gasteiger partial charge >= 0.3 is 5.97 Å². The van der Waals surface area contributed by atoms with Gasteiger partial charge < -0.3 is 9.84 Å². The molecular weight excluding hydrogens is 388 g/mol. The van der Waals surface area contributed by atoms with Crippen molar-refractivity contribution in [2.24, 2.45) is 4.99 Å². The molecule has 0 aliphatic carbocycles. The smallest absolute Gasteiger partial charge is 0.337 e. The van der Waals surface area contributed by atoms with E-state index in [-0.39, 0.29) is 11.5 Å². The van der Waals surface area contributed by atoms with Crippen LogP contribution >= 0.6 is 11.8 Å². The molecule has 0 bridgehead atoms. The molecule has 1 saturated heterocycles. The molecule has 6 nitrogen and oxygen atoms in total. The maximum absolute atomic E-state index is 12.8. The lowest BCUT2D eigenvalue weighted by molar-refractivity contribution is -0.122. The van der Waals surface area contributed by atoms with Crippen molar-refractivity contribution < 1.29 is 19.4 Å². The highest BCUT2D eigenvalue weighted by atomic mass is 32.2. The molecule has 2 aliphatic heterocycles. The van der Waals surface area contributed by atoms with Crippen molar-refractivity contribution in [2.45, 2.75) is 6.92 Å². The number of carboxylic acid groups (broad SMARTS) is 1. The average Bonchev–Trinajstić information content (AvgIpc) is 3.02. The molecular formula is C22H18N2O4S. The third kappa shape index (κ3) is 3.82. The van der Waals surface area contributed by atoms with Crippen molar-refractivity contribution in [3.8, 4) is 5.75 Å². The van der Waals surface area contributed by atoms with Gasteiger partial charge in [-0.2, -0.15) is 0 Å². The number of fused-ring (bicyclic) bond motifs is 1. The predicted octanol–water partition coefficient (Wildman–Crippen LogP) is 4.33. The van der Waals surface area contributed by atoms with E-state index in [2.05, 4.69) is 4.99 Å². The topological polar surface area (TPSA) is 79.2 Å². The third-order valence-corrected chi connectivity index (χ3v) is 5.53. The molecule has 1 fully saturated rings. The Hall–Kier alpha value is -3.32. The number of thioether (sulfide) groups is 1. The van der Waals surface area contributed by atoms with Gasteiger partial charge in [-0.3, -0.25) is 9.69 Å². The molecule has 0 aromatic heterocycles. The van der Waals surface area contributed by atoms with Crippen LogP contribution in [0.2, 0.25) is 0 Å². The number of aliphatic imine (C=N–C) groups is 1. The van der Waals surface area contributed by atoms with Crippen molar-refractivity contribution in [3.63, 3.8) is 0 Å². The first-order valence-electron chi connectivity index (χ1n) is 9.11. The highest BCUT2D eigenvalue weighted by Gasteiger charge is 2.33. The van der Waals surface area contributed by atoms with Crippen LogP contribution in [0.3, 0.4) is 0 Å². The summed E-state index contributed by atoms with van der Waals surface area (Å²) in [6, 6.07) is 14.2.